The van der Waals surface area contributed by atoms with E-state index in [0.29, 0.717) is 0 Å². The first kappa shape index (κ1) is 36.3. The van der Waals surface area contributed by atoms with E-state index in [1.165, 1.54) is 54.9 Å². The van der Waals surface area contributed by atoms with Crippen molar-refractivity contribution < 1.29 is 48.1 Å². The molecule has 0 saturated heterocycles. The average molecular weight is 723 g/mol. The van der Waals surface area contributed by atoms with E-state index in [4.69, 9.17) is 0 Å². The Morgan fingerprint density at radius 3 is 1.33 bits per heavy atom. The van der Waals surface area contributed by atoms with E-state index in [9.17, 15) is 0 Å². The third kappa shape index (κ3) is 8.99. The number of fused-ring (bicyclic) bond motifs is 2. The standard InChI is InChI=1S/2C16H14N.C7H8Si.2ClH.Zr/c2*1-11-9-14-12(2)6-7-13(15(14)10-11)16-5-3-4-8-17-16;1-8-7-5-3-2-4-6-7;;;/h2*3-10H,1-2H3;2-6H,1H3;2*1H;/q2*-1;;;;+2/p-2. The Morgan fingerprint density at radius 2 is 0.978 bits per heavy atom. The molecule has 0 bridgehead atoms. The number of hydrogen-bond donors (Lipinski definition) is 0. The Labute approximate surface area is 294 Å². The maximum atomic E-state index is 4.44. The maximum absolute atomic E-state index is 4.44. The number of rotatable bonds is 3. The van der Waals surface area contributed by atoms with Gasteiger partial charge in [-0.15, -0.1) is 68.1 Å². The zero-order valence-electron chi connectivity index (χ0n) is 26.3. The van der Waals surface area contributed by atoms with Gasteiger partial charge in [-0.3, -0.25) is 9.97 Å². The minimum Gasteiger partial charge on any atom is -1.00 e. The van der Waals surface area contributed by atoms with Crippen LogP contribution in [0.15, 0.2) is 128 Å². The monoisotopic (exact) mass is 720 g/mol. The molecule has 0 aliphatic heterocycles. The molecule has 0 spiro atoms. The summed E-state index contributed by atoms with van der Waals surface area (Å²) in [5.41, 5.74) is 9.69. The van der Waals surface area contributed by atoms with Gasteiger partial charge in [0.15, 0.2) is 0 Å². The third-order valence-electron chi connectivity index (χ3n) is 7.59. The molecule has 0 aliphatic carbocycles. The molecule has 5 aromatic carbocycles. The van der Waals surface area contributed by atoms with Crippen molar-refractivity contribution in [3.05, 3.63) is 150 Å². The maximum Gasteiger partial charge on any atom is 0.0607 e. The van der Waals surface area contributed by atoms with Gasteiger partial charge in [-0.05, 0) is 35.4 Å². The molecule has 2 heterocycles. The van der Waals surface area contributed by atoms with Crippen LogP contribution in [0.3, 0.4) is 0 Å². The Balaban J connectivity index is 0.000000189. The number of benzene rings is 3. The second kappa shape index (κ2) is 17.0. The van der Waals surface area contributed by atoms with Gasteiger partial charge in [0.05, 0.1) is 11.4 Å². The summed E-state index contributed by atoms with van der Waals surface area (Å²) in [6, 6.07) is 40.5. The molecule has 0 radical (unpaired) electrons. The van der Waals surface area contributed by atoms with Crippen molar-refractivity contribution >= 4 is 32.2 Å². The first-order valence-corrected chi connectivity index (χ1v) is 20.3. The smallest absolute Gasteiger partial charge is 0.0607 e. The Hall–Kier alpha value is -3.14. The number of halogens is 2. The van der Waals surface area contributed by atoms with Crippen molar-refractivity contribution in [2.45, 2.75) is 34.2 Å². The van der Waals surface area contributed by atoms with Crippen LogP contribution < -0.4 is 30.0 Å². The van der Waals surface area contributed by atoms with Gasteiger partial charge in [-0.1, -0.05) is 52.0 Å². The average Bonchev–Trinajstić information content (AvgIpc) is 3.63. The van der Waals surface area contributed by atoms with Crippen LogP contribution >= 0.6 is 0 Å². The summed E-state index contributed by atoms with van der Waals surface area (Å²) < 4.78 is 0. The van der Waals surface area contributed by atoms with Crippen LogP contribution in [0.1, 0.15) is 22.3 Å². The molecule has 0 atom stereocenters. The molecule has 0 N–H and O–H groups in total. The van der Waals surface area contributed by atoms with Gasteiger partial charge >= 0.3 is 70.8 Å². The van der Waals surface area contributed by atoms with Crippen molar-refractivity contribution in [2.24, 2.45) is 0 Å². The second-order valence-corrected chi connectivity index (χ2v) is 18.4. The third-order valence-corrected chi connectivity index (χ3v) is 10.9. The molecule has 45 heavy (non-hydrogen) atoms. The molecule has 0 unspecified atom stereocenters. The summed E-state index contributed by atoms with van der Waals surface area (Å²) in [5.74, 6) is 0. The zero-order valence-corrected chi connectivity index (χ0v) is 31.2. The van der Waals surface area contributed by atoms with Gasteiger partial charge in [0.2, 0.25) is 0 Å². The minimum absolute atomic E-state index is 0. The summed E-state index contributed by atoms with van der Waals surface area (Å²) in [7, 11) is 0. The molecule has 0 saturated carbocycles. The number of hydrogen-bond acceptors (Lipinski definition) is 2. The van der Waals surface area contributed by atoms with Crippen molar-refractivity contribution in [3.8, 4) is 22.5 Å². The van der Waals surface area contributed by atoms with E-state index < -0.39 is 0 Å². The van der Waals surface area contributed by atoms with E-state index in [1.54, 1.807) is 28.5 Å². The normalized spacial score (nSPS) is 10.1. The predicted molar refractivity (Wildman–Crippen MR) is 182 cm³/mol. The van der Waals surface area contributed by atoms with Crippen LogP contribution in [0.4, 0.5) is 0 Å². The summed E-state index contributed by atoms with van der Waals surface area (Å²) in [4.78, 5) is 8.88. The molecule has 2 nitrogen and oxygen atoms in total. The molecular weight excluding hydrogens is 687 g/mol. The second-order valence-electron chi connectivity index (χ2n) is 11.0. The molecule has 6 heteroatoms. The number of nitrogens with zero attached hydrogens (tertiary/aromatic N) is 2. The summed E-state index contributed by atoms with van der Waals surface area (Å²) in [6.45, 7) is 10.9. The summed E-state index contributed by atoms with van der Waals surface area (Å²) >= 11 is 1.69. The molecule has 226 valence electrons. The Morgan fingerprint density at radius 1 is 0.556 bits per heavy atom. The van der Waals surface area contributed by atoms with Gasteiger partial charge in [-0.2, -0.15) is 12.1 Å². The van der Waals surface area contributed by atoms with Crippen LogP contribution in [0.25, 0.3) is 44.1 Å². The fraction of sp³-hybridized carbons (Fsp3) is 0.128. The minimum atomic E-state index is -0.122. The fourth-order valence-electron chi connectivity index (χ4n) is 5.36. The summed E-state index contributed by atoms with van der Waals surface area (Å²) in [6.07, 6.45) is 3.69. The van der Waals surface area contributed by atoms with Crippen LogP contribution in [-0.4, -0.2) is 15.4 Å². The molecule has 7 rings (SSSR count). The van der Waals surface area contributed by atoms with Crippen molar-refractivity contribution in [3.63, 3.8) is 0 Å². The van der Waals surface area contributed by atoms with Gasteiger partial charge < -0.3 is 24.8 Å². The van der Waals surface area contributed by atoms with Crippen molar-refractivity contribution in [2.75, 3.05) is 0 Å². The van der Waals surface area contributed by atoms with Gasteiger partial charge in [0, 0.05) is 12.4 Å². The molecule has 0 amide bonds. The Kier molecular flexibility index (Phi) is 13.7. The molecule has 2 aromatic heterocycles. The molecule has 7 aromatic rings. The topological polar surface area (TPSA) is 25.8 Å². The van der Waals surface area contributed by atoms with Crippen LogP contribution in [0, 0.1) is 27.7 Å². The quantitative estimate of drug-likeness (QED) is 0.206. The van der Waals surface area contributed by atoms with E-state index in [0.717, 1.165) is 11.4 Å². The van der Waals surface area contributed by atoms with Gasteiger partial charge in [0.1, 0.15) is 0 Å². The first-order chi connectivity index (χ1) is 20.8. The first-order valence-electron chi connectivity index (χ1n) is 14.6. The van der Waals surface area contributed by atoms with Crippen LogP contribution in [0.2, 0.25) is 6.55 Å². The summed E-state index contributed by atoms with van der Waals surface area (Å²) in [5, 5.41) is 6.85. The largest absolute Gasteiger partial charge is 1.00 e. The molecule has 0 aliphatic rings. The van der Waals surface area contributed by atoms with E-state index in [1.807, 2.05) is 36.7 Å². The molecular formula is C39H36Cl2N2SiZr-2. The SMILES string of the molecule is C[Si](=[Zr+2])c1ccccc1.Cc1cc2c(-c3ccccn3)ccc(C)c2[cH-]1.Cc1cc2c(-c3ccccn3)ccc(C)c2[cH-]1.[Cl-].[Cl-]. The number of aryl methyl sites for hydroxylation is 4. The van der Waals surface area contributed by atoms with Crippen LogP contribution in [-0.2, 0) is 23.3 Å². The predicted octanol–water partition coefficient (Wildman–Crippen LogP) is 3.54. The van der Waals surface area contributed by atoms with Gasteiger partial charge in [-0.25, -0.2) is 0 Å². The Bertz CT molecular complexity index is 1860. The zero-order chi connectivity index (χ0) is 30.3. The van der Waals surface area contributed by atoms with Crippen LogP contribution in [0.5, 0.6) is 0 Å². The number of pyridine rings is 2. The fourth-order valence-corrected chi connectivity index (χ4v) is 7.28. The van der Waals surface area contributed by atoms with E-state index >= 15 is 0 Å². The number of aromatic nitrogens is 2. The van der Waals surface area contributed by atoms with Crippen molar-refractivity contribution in [1.82, 2.24) is 9.97 Å². The molecule has 0 fully saturated rings. The van der Waals surface area contributed by atoms with Gasteiger partial charge in [0.25, 0.3) is 0 Å². The van der Waals surface area contributed by atoms with E-state index in [2.05, 4.69) is 135 Å². The van der Waals surface area contributed by atoms with E-state index in [-0.39, 0.29) is 30.2 Å². The van der Waals surface area contributed by atoms with Crippen molar-refractivity contribution in [1.29, 1.82) is 0 Å².